The molecule has 0 spiro atoms. The maximum Gasteiger partial charge on any atom is 0.240 e. The van der Waals surface area contributed by atoms with E-state index in [9.17, 15) is 4.79 Å². The fourth-order valence-electron chi connectivity index (χ4n) is 2.08. The number of ether oxygens (including phenoxy) is 1. The number of carbonyl (C=O) groups is 1. The van der Waals surface area contributed by atoms with Crippen molar-refractivity contribution in [2.45, 2.75) is 32.9 Å². The summed E-state index contributed by atoms with van der Waals surface area (Å²) < 4.78 is 7.57. The van der Waals surface area contributed by atoms with Gasteiger partial charge in [0.25, 0.3) is 0 Å². The van der Waals surface area contributed by atoms with E-state index >= 15 is 0 Å². The van der Waals surface area contributed by atoms with Crippen molar-refractivity contribution in [2.24, 2.45) is 0 Å². The van der Waals surface area contributed by atoms with Gasteiger partial charge in [-0.2, -0.15) is 0 Å². The minimum Gasteiger partial charge on any atom is -0.494 e. The molecule has 1 amide bonds. The van der Waals surface area contributed by atoms with Crippen molar-refractivity contribution in [3.8, 4) is 5.75 Å². The molecule has 108 valence electrons. The van der Waals surface area contributed by atoms with Crippen molar-refractivity contribution in [3.05, 3.63) is 23.0 Å². The maximum atomic E-state index is 12.1. The number of aromatic nitrogens is 2. The predicted molar refractivity (Wildman–Crippen MR) is 81.6 cm³/mol. The van der Waals surface area contributed by atoms with Crippen molar-refractivity contribution in [2.75, 3.05) is 7.11 Å². The van der Waals surface area contributed by atoms with Crippen LogP contribution in [0.3, 0.4) is 0 Å². The number of hydrogen-bond acceptors (Lipinski definition) is 3. The Morgan fingerprint density at radius 2 is 2.15 bits per heavy atom. The Morgan fingerprint density at radius 1 is 1.45 bits per heavy atom. The van der Waals surface area contributed by atoms with E-state index < -0.39 is 0 Å². The fourth-order valence-corrected chi connectivity index (χ4v) is 2.35. The molecule has 5 nitrogen and oxygen atoms in total. The summed E-state index contributed by atoms with van der Waals surface area (Å²) in [5.74, 6) is 0.640. The first kappa shape index (κ1) is 14.6. The lowest BCUT2D eigenvalue weighted by Gasteiger charge is -2.20. The lowest BCUT2D eigenvalue weighted by atomic mass is 10.1. The van der Waals surface area contributed by atoms with Gasteiger partial charge >= 0.3 is 0 Å². The largest absolute Gasteiger partial charge is 0.494 e. The first-order valence-corrected chi connectivity index (χ1v) is 6.79. The zero-order valence-corrected chi connectivity index (χ0v) is 12.9. The van der Waals surface area contributed by atoms with E-state index in [4.69, 9.17) is 17.0 Å². The Labute approximate surface area is 122 Å². The van der Waals surface area contributed by atoms with Crippen LogP contribution in [0.25, 0.3) is 11.0 Å². The Hall–Kier alpha value is -1.82. The third-order valence-corrected chi connectivity index (χ3v) is 3.13. The SMILES string of the molecule is COc1cccc2c1[nH]c(=S)n2CC(=O)NC(C)(C)C. The molecule has 0 saturated carbocycles. The van der Waals surface area contributed by atoms with E-state index in [0.717, 1.165) is 11.0 Å². The number of nitrogens with zero attached hydrogens (tertiary/aromatic N) is 1. The van der Waals surface area contributed by atoms with Crippen LogP contribution in [0.4, 0.5) is 0 Å². The van der Waals surface area contributed by atoms with Gasteiger partial charge in [0.05, 0.1) is 12.6 Å². The van der Waals surface area contributed by atoms with Gasteiger partial charge in [0.2, 0.25) is 5.91 Å². The Kier molecular flexibility index (Phi) is 3.85. The molecule has 0 radical (unpaired) electrons. The van der Waals surface area contributed by atoms with E-state index in [0.29, 0.717) is 10.5 Å². The molecule has 2 N–H and O–H groups in total. The van der Waals surface area contributed by atoms with Crippen molar-refractivity contribution in [1.82, 2.24) is 14.9 Å². The topological polar surface area (TPSA) is 59.0 Å². The number of carbonyl (C=O) groups excluding carboxylic acids is 1. The van der Waals surface area contributed by atoms with Gasteiger partial charge < -0.3 is 19.6 Å². The zero-order chi connectivity index (χ0) is 14.9. The number of H-pyrrole nitrogens is 1. The predicted octanol–water partition coefficient (Wildman–Crippen LogP) is 2.62. The molecule has 0 aliphatic rings. The lowest BCUT2D eigenvalue weighted by Crippen LogP contribution is -2.42. The van der Waals surface area contributed by atoms with Crippen LogP contribution < -0.4 is 10.1 Å². The standard InChI is InChI=1S/C14H19N3O2S/c1-14(2,3)16-11(18)8-17-9-6-5-7-10(19-4)12(9)15-13(17)20/h5-7H,8H2,1-4H3,(H,15,20)(H,16,18). The molecule has 0 fully saturated rings. The highest BCUT2D eigenvalue weighted by Crippen LogP contribution is 2.24. The lowest BCUT2D eigenvalue weighted by molar-refractivity contribution is -0.123. The molecule has 0 atom stereocenters. The van der Waals surface area contributed by atoms with Gasteiger partial charge in [-0.25, -0.2) is 0 Å². The third-order valence-electron chi connectivity index (χ3n) is 2.81. The third kappa shape index (κ3) is 3.01. The monoisotopic (exact) mass is 293 g/mol. The highest BCUT2D eigenvalue weighted by atomic mass is 32.1. The molecule has 1 aromatic carbocycles. The average molecular weight is 293 g/mol. The van der Waals surface area contributed by atoms with Gasteiger partial charge in [0.15, 0.2) is 4.77 Å². The van der Waals surface area contributed by atoms with Gasteiger partial charge in [-0.15, -0.1) is 0 Å². The molecular formula is C14H19N3O2S. The second-order valence-electron chi connectivity index (χ2n) is 5.67. The molecule has 1 heterocycles. The molecule has 0 bridgehead atoms. The summed E-state index contributed by atoms with van der Waals surface area (Å²) in [6, 6.07) is 5.64. The summed E-state index contributed by atoms with van der Waals surface area (Å²) >= 11 is 5.29. The Bertz CT molecular complexity index is 694. The van der Waals surface area contributed by atoms with Crippen molar-refractivity contribution in [1.29, 1.82) is 0 Å². The van der Waals surface area contributed by atoms with Gasteiger partial charge in [-0.1, -0.05) is 6.07 Å². The highest BCUT2D eigenvalue weighted by Gasteiger charge is 2.16. The first-order valence-electron chi connectivity index (χ1n) is 6.38. The average Bonchev–Trinajstić information content (AvgIpc) is 2.63. The number of para-hydroxylation sites is 1. The fraction of sp³-hybridized carbons (Fsp3) is 0.429. The number of nitrogens with one attached hydrogen (secondary N) is 2. The van der Waals surface area contributed by atoms with Crippen LogP contribution in [-0.2, 0) is 11.3 Å². The summed E-state index contributed by atoms with van der Waals surface area (Å²) in [5.41, 5.74) is 1.41. The van der Waals surface area contributed by atoms with Crippen LogP contribution >= 0.6 is 12.2 Å². The smallest absolute Gasteiger partial charge is 0.240 e. The van der Waals surface area contributed by atoms with Crippen LogP contribution in [-0.4, -0.2) is 28.1 Å². The number of amides is 1. The summed E-state index contributed by atoms with van der Waals surface area (Å²) in [6.07, 6.45) is 0. The molecular weight excluding hydrogens is 274 g/mol. The summed E-state index contributed by atoms with van der Waals surface area (Å²) in [5, 5.41) is 2.93. The van der Waals surface area contributed by atoms with Gasteiger partial charge in [-0.3, -0.25) is 4.79 Å². The quantitative estimate of drug-likeness (QED) is 0.855. The number of aromatic amines is 1. The minimum atomic E-state index is -0.261. The highest BCUT2D eigenvalue weighted by molar-refractivity contribution is 7.71. The molecule has 2 aromatic rings. The maximum absolute atomic E-state index is 12.1. The number of fused-ring (bicyclic) bond motifs is 1. The van der Waals surface area contributed by atoms with E-state index in [1.54, 1.807) is 11.7 Å². The van der Waals surface area contributed by atoms with Gasteiger partial charge in [0.1, 0.15) is 17.8 Å². The van der Waals surface area contributed by atoms with Crippen molar-refractivity contribution >= 4 is 29.2 Å². The zero-order valence-electron chi connectivity index (χ0n) is 12.1. The summed E-state index contributed by atoms with van der Waals surface area (Å²) in [7, 11) is 1.61. The number of hydrogen-bond donors (Lipinski definition) is 2. The second-order valence-corrected chi connectivity index (χ2v) is 6.06. The van der Waals surface area contributed by atoms with Gasteiger partial charge in [-0.05, 0) is 45.1 Å². The van der Waals surface area contributed by atoms with Crippen LogP contribution in [0.15, 0.2) is 18.2 Å². The Balaban J connectivity index is 2.38. The number of rotatable bonds is 3. The molecule has 0 unspecified atom stereocenters. The van der Waals surface area contributed by atoms with Crippen LogP contribution in [0.5, 0.6) is 5.75 Å². The number of methoxy groups -OCH3 is 1. The summed E-state index contributed by atoms with van der Waals surface area (Å²) in [4.78, 5) is 15.1. The van der Waals surface area contributed by atoms with Gasteiger partial charge in [0, 0.05) is 5.54 Å². The van der Waals surface area contributed by atoms with Crippen molar-refractivity contribution < 1.29 is 9.53 Å². The van der Waals surface area contributed by atoms with E-state index in [1.165, 1.54) is 0 Å². The number of benzene rings is 1. The molecule has 2 rings (SSSR count). The van der Waals surface area contributed by atoms with Crippen LogP contribution in [0.1, 0.15) is 20.8 Å². The number of imidazole rings is 1. The molecule has 0 aliphatic carbocycles. The van der Waals surface area contributed by atoms with E-state index in [-0.39, 0.29) is 18.0 Å². The normalized spacial score (nSPS) is 11.6. The first-order chi connectivity index (χ1) is 9.31. The Morgan fingerprint density at radius 3 is 2.75 bits per heavy atom. The molecule has 0 saturated heterocycles. The van der Waals surface area contributed by atoms with Crippen LogP contribution in [0.2, 0.25) is 0 Å². The summed E-state index contributed by atoms with van der Waals surface area (Å²) in [6.45, 7) is 6.02. The van der Waals surface area contributed by atoms with E-state index in [2.05, 4.69) is 10.3 Å². The minimum absolute atomic E-state index is 0.0719. The molecule has 0 aliphatic heterocycles. The molecule has 20 heavy (non-hydrogen) atoms. The molecule has 1 aromatic heterocycles. The second kappa shape index (κ2) is 5.28. The van der Waals surface area contributed by atoms with Crippen LogP contribution in [0, 0.1) is 4.77 Å². The van der Waals surface area contributed by atoms with E-state index in [1.807, 2.05) is 39.0 Å². The van der Waals surface area contributed by atoms with Crippen molar-refractivity contribution in [3.63, 3.8) is 0 Å². The molecule has 6 heteroatoms.